The maximum absolute atomic E-state index is 12.1. The predicted molar refractivity (Wildman–Crippen MR) is 113 cm³/mol. The van der Waals surface area contributed by atoms with E-state index >= 15 is 0 Å². The van der Waals surface area contributed by atoms with Crippen LogP contribution in [0, 0.1) is 0 Å². The van der Waals surface area contributed by atoms with Gasteiger partial charge in [-0.25, -0.2) is 4.79 Å². The lowest BCUT2D eigenvalue weighted by Gasteiger charge is -2.29. The Morgan fingerprint density at radius 3 is 1.97 bits per heavy atom. The summed E-state index contributed by atoms with van der Waals surface area (Å²) in [7, 11) is 0. The molecule has 0 atom stereocenters. The zero-order valence-corrected chi connectivity index (χ0v) is 18.1. The molecule has 0 bridgehead atoms. The maximum atomic E-state index is 12.1. The third-order valence-electron chi connectivity index (χ3n) is 4.55. The SMILES string of the molecule is C=C(OC1CCC(OC(=O)c2ccccc2)CC1)/C(C)=C/C(C)=C\C.CC(F)(F)F. The summed E-state index contributed by atoms with van der Waals surface area (Å²) in [6, 6.07) is 9.14. The van der Waals surface area contributed by atoms with Gasteiger partial charge in [0.2, 0.25) is 0 Å². The number of carbonyl (C=O) groups is 1. The van der Waals surface area contributed by atoms with E-state index in [4.69, 9.17) is 9.47 Å². The molecule has 1 aliphatic rings. The molecule has 2 rings (SSSR count). The minimum absolute atomic E-state index is 0.0253. The van der Waals surface area contributed by atoms with Crippen molar-refractivity contribution in [2.24, 2.45) is 0 Å². The van der Waals surface area contributed by atoms with E-state index in [2.05, 4.69) is 25.7 Å². The number of allylic oxidation sites excluding steroid dienone is 4. The fourth-order valence-electron chi connectivity index (χ4n) is 2.86. The average Bonchev–Trinajstić information content (AvgIpc) is 2.68. The molecular formula is C24H31F3O3. The largest absolute Gasteiger partial charge is 0.491 e. The number of rotatable bonds is 6. The van der Waals surface area contributed by atoms with Crippen molar-refractivity contribution in [2.75, 3.05) is 0 Å². The topological polar surface area (TPSA) is 35.5 Å². The smallest absolute Gasteiger partial charge is 0.386 e. The highest BCUT2D eigenvalue weighted by Crippen LogP contribution is 2.27. The second-order valence-corrected chi connectivity index (χ2v) is 7.35. The molecule has 30 heavy (non-hydrogen) atoms. The average molecular weight is 425 g/mol. The van der Waals surface area contributed by atoms with Gasteiger partial charge in [-0.1, -0.05) is 42.5 Å². The van der Waals surface area contributed by atoms with Crippen LogP contribution in [0.3, 0.4) is 0 Å². The molecule has 0 aliphatic heterocycles. The zero-order chi connectivity index (χ0) is 22.7. The zero-order valence-electron chi connectivity index (χ0n) is 18.1. The number of halogens is 3. The standard InChI is InChI=1S/C22H28O3.C2H3F3/c1-5-16(2)15-17(3)18(4)24-20-11-13-21(14-12-20)25-22(23)19-9-7-6-8-10-19;1-2(3,4)5/h5-10,15,20-21H,4,11-14H2,1-3H3;1H3/b16-5-,17-15+;. The van der Waals surface area contributed by atoms with E-state index in [1.54, 1.807) is 12.1 Å². The van der Waals surface area contributed by atoms with Crippen LogP contribution in [0.2, 0.25) is 0 Å². The summed E-state index contributed by atoms with van der Waals surface area (Å²) in [6.45, 7) is 10.3. The first-order valence-corrected chi connectivity index (χ1v) is 9.99. The van der Waals surface area contributed by atoms with Crippen LogP contribution < -0.4 is 0 Å². The minimum Gasteiger partial charge on any atom is -0.491 e. The van der Waals surface area contributed by atoms with Gasteiger partial charge in [0.05, 0.1) is 11.7 Å². The number of hydrogen-bond donors (Lipinski definition) is 0. The highest BCUT2D eigenvalue weighted by Gasteiger charge is 2.25. The van der Waals surface area contributed by atoms with E-state index in [0.717, 1.165) is 37.0 Å². The van der Waals surface area contributed by atoms with E-state index < -0.39 is 6.18 Å². The number of ether oxygens (including phenoxy) is 2. The van der Waals surface area contributed by atoms with Crippen LogP contribution in [-0.4, -0.2) is 24.4 Å². The van der Waals surface area contributed by atoms with Crippen molar-refractivity contribution in [1.82, 2.24) is 0 Å². The predicted octanol–water partition coefficient (Wildman–Crippen LogP) is 7.17. The monoisotopic (exact) mass is 424 g/mol. The van der Waals surface area contributed by atoms with Crippen LogP contribution in [0.25, 0.3) is 0 Å². The number of alkyl halides is 3. The summed E-state index contributed by atoms with van der Waals surface area (Å²) >= 11 is 0. The number of carbonyl (C=O) groups excluding carboxylic acids is 1. The second-order valence-electron chi connectivity index (χ2n) is 7.35. The molecule has 0 amide bonds. The Morgan fingerprint density at radius 1 is 1.03 bits per heavy atom. The molecule has 0 N–H and O–H groups in total. The van der Waals surface area contributed by atoms with E-state index in [9.17, 15) is 18.0 Å². The van der Waals surface area contributed by atoms with Gasteiger partial charge in [-0.05, 0) is 64.2 Å². The van der Waals surface area contributed by atoms with E-state index in [1.165, 1.54) is 5.57 Å². The molecule has 1 aliphatic carbocycles. The molecule has 0 aromatic heterocycles. The quantitative estimate of drug-likeness (QED) is 0.276. The Labute approximate surface area is 177 Å². The summed E-state index contributed by atoms with van der Waals surface area (Å²) in [4.78, 5) is 12.1. The van der Waals surface area contributed by atoms with Gasteiger partial charge in [0.1, 0.15) is 11.9 Å². The lowest BCUT2D eigenvalue weighted by Crippen LogP contribution is -2.28. The van der Waals surface area contributed by atoms with Gasteiger partial charge in [0, 0.05) is 6.92 Å². The van der Waals surface area contributed by atoms with Crippen LogP contribution >= 0.6 is 0 Å². The van der Waals surface area contributed by atoms with Crippen LogP contribution in [0.5, 0.6) is 0 Å². The third kappa shape index (κ3) is 10.9. The Hall–Kier alpha value is -2.50. The van der Waals surface area contributed by atoms with Gasteiger partial charge in [-0.2, -0.15) is 13.2 Å². The second kappa shape index (κ2) is 12.3. The van der Waals surface area contributed by atoms with Crippen LogP contribution in [0.1, 0.15) is 63.7 Å². The molecule has 166 valence electrons. The highest BCUT2D eigenvalue weighted by molar-refractivity contribution is 5.89. The lowest BCUT2D eigenvalue weighted by molar-refractivity contribution is -0.110. The maximum Gasteiger partial charge on any atom is 0.386 e. The molecule has 0 unspecified atom stereocenters. The lowest BCUT2D eigenvalue weighted by atomic mass is 9.94. The summed E-state index contributed by atoms with van der Waals surface area (Å²) < 4.78 is 42.7. The highest BCUT2D eigenvalue weighted by atomic mass is 19.4. The molecular weight excluding hydrogens is 393 g/mol. The summed E-state index contributed by atoms with van der Waals surface area (Å²) in [5.74, 6) is 0.487. The number of esters is 1. The first-order valence-electron chi connectivity index (χ1n) is 9.99. The van der Waals surface area contributed by atoms with Gasteiger partial charge in [0.25, 0.3) is 0 Å². The number of hydrogen-bond acceptors (Lipinski definition) is 3. The number of benzene rings is 1. The van der Waals surface area contributed by atoms with Crippen molar-refractivity contribution in [3.63, 3.8) is 0 Å². The molecule has 0 saturated heterocycles. The molecule has 0 spiro atoms. The summed E-state index contributed by atoms with van der Waals surface area (Å²) in [5.41, 5.74) is 2.85. The van der Waals surface area contributed by atoms with Gasteiger partial charge in [0.15, 0.2) is 0 Å². The molecule has 1 saturated carbocycles. The van der Waals surface area contributed by atoms with Crippen molar-refractivity contribution in [2.45, 2.75) is 71.8 Å². The van der Waals surface area contributed by atoms with Crippen molar-refractivity contribution >= 4 is 5.97 Å². The van der Waals surface area contributed by atoms with E-state index in [1.807, 2.05) is 32.0 Å². The van der Waals surface area contributed by atoms with Crippen molar-refractivity contribution in [3.8, 4) is 0 Å². The molecule has 0 heterocycles. The fourth-order valence-corrected chi connectivity index (χ4v) is 2.86. The van der Waals surface area contributed by atoms with Crippen molar-refractivity contribution in [1.29, 1.82) is 0 Å². The van der Waals surface area contributed by atoms with Gasteiger partial charge in [-0.3, -0.25) is 0 Å². The van der Waals surface area contributed by atoms with E-state index in [-0.39, 0.29) is 25.1 Å². The summed E-state index contributed by atoms with van der Waals surface area (Å²) in [6.07, 6.45) is 3.67. The van der Waals surface area contributed by atoms with Crippen LogP contribution in [0.15, 0.2) is 66.0 Å². The van der Waals surface area contributed by atoms with Gasteiger partial charge < -0.3 is 9.47 Å². The molecule has 1 aromatic rings. The van der Waals surface area contributed by atoms with Gasteiger partial charge >= 0.3 is 12.1 Å². The third-order valence-corrected chi connectivity index (χ3v) is 4.55. The molecule has 3 nitrogen and oxygen atoms in total. The van der Waals surface area contributed by atoms with Crippen LogP contribution in [0.4, 0.5) is 13.2 Å². The van der Waals surface area contributed by atoms with Crippen LogP contribution in [-0.2, 0) is 9.47 Å². The summed E-state index contributed by atoms with van der Waals surface area (Å²) in [5, 5.41) is 0. The fraction of sp³-hybridized carbons (Fsp3) is 0.458. The normalized spacial score (nSPS) is 20.0. The molecule has 0 radical (unpaired) electrons. The minimum atomic E-state index is -4.00. The Balaban J connectivity index is 0.000000804. The Bertz CT molecular complexity index is 735. The van der Waals surface area contributed by atoms with E-state index in [0.29, 0.717) is 5.56 Å². The Kier molecular flexibility index (Phi) is 10.4. The molecule has 1 fully saturated rings. The van der Waals surface area contributed by atoms with Crippen molar-refractivity contribution < 1.29 is 27.4 Å². The first-order chi connectivity index (χ1) is 14.0. The molecule has 1 aromatic carbocycles. The Morgan fingerprint density at radius 2 is 1.50 bits per heavy atom. The van der Waals surface area contributed by atoms with Gasteiger partial charge in [-0.15, -0.1) is 0 Å². The van der Waals surface area contributed by atoms with Crippen molar-refractivity contribution in [3.05, 3.63) is 71.5 Å². The molecule has 6 heteroatoms. The first kappa shape index (κ1) is 25.5.